The van der Waals surface area contributed by atoms with Crippen molar-refractivity contribution in [1.29, 1.82) is 0 Å². The summed E-state index contributed by atoms with van der Waals surface area (Å²) in [6, 6.07) is 6.39. The van der Waals surface area contributed by atoms with E-state index in [1.54, 1.807) is 12.1 Å². The maximum atomic E-state index is 12.5. The molecule has 152 valence electrons. The largest absolute Gasteiger partial charge is 0.573 e. The molecule has 0 saturated carbocycles. The topological polar surface area (TPSA) is 52.1 Å². The van der Waals surface area contributed by atoms with E-state index in [2.05, 4.69) is 44.3 Å². The molecule has 1 aliphatic rings. The molecule has 1 saturated heterocycles. The fraction of sp³-hybridized carbons (Fsp3) is 0.611. The summed E-state index contributed by atoms with van der Waals surface area (Å²) in [6.45, 7) is 6.38. The Bertz CT molecular complexity index is 623. The van der Waals surface area contributed by atoms with E-state index >= 15 is 0 Å². The lowest BCUT2D eigenvalue weighted by atomic mass is 10.2. The van der Waals surface area contributed by atoms with E-state index in [1.165, 1.54) is 12.1 Å². The molecule has 2 N–H and O–H groups in total. The van der Waals surface area contributed by atoms with Gasteiger partial charge >= 0.3 is 6.36 Å². The number of likely N-dealkylation sites (N-methyl/N-ethyl adjacent to an activating group) is 2. The highest BCUT2D eigenvalue weighted by atomic mass is 19.4. The predicted molar refractivity (Wildman–Crippen MR) is 99.9 cm³/mol. The first-order valence-electron chi connectivity index (χ1n) is 9.03. The summed E-state index contributed by atoms with van der Waals surface area (Å²) in [5.41, 5.74) is 0.376. The summed E-state index contributed by atoms with van der Waals surface area (Å²) >= 11 is 0. The van der Waals surface area contributed by atoms with Gasteiger partial charge in [0.15, 0.2) is 5.96 Å². The van der Waals surface area contributed by atoms with Gasteiger partial charge in [0, 0.05) is 44.3 Å². The average molecular weight is 387 g/mol. The predicted octanol–water partition coefficient (Wildman–Crippen LogP) is 1.89. The summed E-state index contributed by atoms with van der Waals surface area (Å²) in [6.07, 6.45) is -4.72. The molecular formula is C18H28F3N5O. The third-order valence-corrected chi connectivity index (χ3v) is 4.44. The van der Waals surface area contributed by atoms with Crippen LogP contribution in [-0.2, 0) is 6.54 Å². The third kappa shape index (κ3) is 7.26. The van der Waals surface area contributed by atoms with E-state index in [4.69, 9.17) is 0 Å². The van der Waals surface area contributed by atoms with Crippen LogP contribution in [0.25, 0.3) is 0 Å². The Morgan fingerprint density at radius 1 is 1.22 bits per heavy atom. The van der Waals surface area contributed by atoms with Crippen molar-refractivity contribution < 1.29 is 17.9 Å². The van der Waals surface area contributed by atoms with Crippen molar-refractivity contribution in [3.63, 3.8) is 0 Å². The number of rotatable bonds is 6. The molecule has 0 bridgehead atoms. The van der Waals surface area contributed by atoms with Crippen LogP contribution in [0.2, 0.25) is 0 Å². The highest BCUT2D eigenvalue weighted by Gasteiger charge is 2.32. The maximum Gasteiger partial charge on any atom is 0.573 e. The lowest BCUT2D eigenvalue weighted by Gasteiger charge is -2.37. The van der Waals surface area contributed by atoms with Gasteiger partial charge in [-0.05, 0) is 27.1 Å². The fourth-order valence-electron chi connectivity index (χ4n) is 2.90. The zero-order chi connectivity index (χ0) is 19.9. The molecular weight excluding hydrogens is 359 g/mol. The Balaban J connectivity index is 2.01. The molecule has 1 heterocycles. The van der Waals surface area contributed by atoms with Gasteiger partial charge in [0.1, 0.15) is 5.75 Å². The van der Waals surface area contributed by atoms with Gasteiger partial charge in [0.2, 0.25) is 0 Å². The highest BCUT2D eigenvalue weighted by molar-refractivity contribution is 5.79. The second-order valence-electron chi connectivity index (χ2n) is 6.63. The second-order valence-corrected chi connectivity index (χ2v) is 6.63. The minimum atomic E-state index is -4.72. The Morgan fingerprint density at radius 3 is 2.67 bits per heavy atom. The fourth-order valence-corrected chi connectivity index (χ4v) is 2.90. The normalized spacial score (nSPS) is 19.8. The van der Waals surface area contributed by atoms with Gasteiger partial charge in [-0.2, -0.15) is 0 Å². The van der Waals surface area contributed by atoms with Gasteiger partial charge in [0.25, 0.3) is 0 Å². The molecule has 9 heteroatoms. The number of para-hydroxylation sites is 1. The average Bonchev–Trinajstić information content (AvgIpc) is 2.60. The van der Waals surface area contributed by atoms with Crippen LogP contribution in [0.5, 0.6) is 5.75 Å². The summed E-state index contributed by atoms with van der Waals surface area (Å²) in [7, 11) is 4.19. The first kappa shape index (κ1) is 21.3. The molecule has 1 aromatic carbocycles. The maximum absolute atomic E-state index is 12.5. The zero-order valence-electron chi connectivity index (χ0n) is 16.0. The van der Waals surface area contributed by atoms with Crippen molar-refractivity contribution in [3.8, 4) is 5.75 Å². The molecule has 27 heavy (non-hydrogen) atoms. The summed E-state index contributed by atoms with van der Waals surface area (Å²) in [5.74, 6) is 0.346. The molecule has 1 fully saturated rings. The minimum Gasteiger partial charge on any atom is -0.405 e. The summed E-state index contributed by atoms with van der Waals surface area (Å²) in [4.78, 5) is 8.99. The van der Waals surface area contributed by atoms with Crippen molar-refractivity contribution in [2.45, 2.75) is 25.9 Å². The number of halogens is 3. The summed E-state index contributed by atoms with van der Waals surface area (Å²) < 4.78 is 41.7. The van der Waals surface area contributed by atoms with Crippen LogP contribution >= 0.6 is 0 Å². The third-order valence-electron chi connectivity index (χ3n) is 4.44. The molecule has 0 radical (unpaired) electrons. The number of piperazine rings is 1. The van der Waals surface area contributed by atoms with E-state index in [9.17, 15) is 13.2 Å². The summed E-state index contributed by atoms with van der Waals surface area (Å²) in [5, 5.41) is 6.42. The Kier molecular flexibility index (Phi) is 7.73. The van der Waals surface area contributed by atoms with Gasteiger partial charge in [-0.25, -0.2) is 4.99 Å². The van der Waals surface area contributed by atoms with Crippen molar-refractivity contribution in [2.75, 3.05) is 46.8 Å². The monoisotopic (exact) mass is 387 g/mol. The van der Waals surface area contributed by atoms with Crippen LogP contribution in [0.4, 0.5) is 13.2 Å². The van der Waals surface area contributed by atoms with Crippen molar-refractivity contribution in [3.05, 3.63) is 29.8 Å². The second kappa shape index (κ2) is 9.80. The number of nitrogens with zero attached hydrogens (tertiary/aromatic N) is 3. The smallest absolute Gasteiger partial charge is 0.405 e. The molecule has 0 spiro atoms. The van der Waals surface area contributed by atoms with Crippen molar-refractivity contribution in [2.24, 2.45) is 4.99 Å². The van der Waals surface area contributed by atoms with E-state index in [-0.39, 0.29) is 12.3 Å². The van der Waals surface area contributed by atoms with E-state index in [0.29, 0.717) is 30.7 Å². The molecule has 1 aromatic rings. The SMILES string of the molecule is CCNC(=NCc1ccccc1OC(F)(F)F)NCC1CN(C)CCN1C. The Labute approximate surface area is 158 Å². The van der Waals surface area contributed by atoms with Gasteiger partial charge < -0.3 is 20.3 Å². The van der Waals surface area contributed by atoms with Crippen LogP contribution in [0.3, 0.4) is 0 Å². The number of nitrogens with one attached hydrogen (secondary N) is 2. The molecule has 1 atom stereocenters. The quantitative estimate of drug-likeness (QED) is 0.577. The van der Waals surface area contributed by atoms with Crippen LogP contribution in [0.15, 0.2) is 29.3 Å². The first-order chi connectivity index (χ1) is 12.8. The van der Waals surface area contributed by atoms with Gasteiger partial charge in [-0.1, -0.05) is 18.2 Å². The van der Waals surface area contributed by atoms with Crippen molar-refractivity contribution in [1.82, 2.24) is 20.4 Å². The zero-order valence-corrected chi connectivity index (χ0v) is 16.0. The minimum absolute atomic E-state index is 0.0853. The molecule has 1 aliphatic heterocycles. The first-order valence-corrected chi connectivity index (χ1v) is 9.03. The lowest BCUT2D eigenvalue weighted by molar-refractivity contribution is -0.274. The number of hydrogen-bond acceptors (Lipinski definition) is 4. The van der Waals surface area contributed by atoms with Gasteiger partial charge in [0.05, 0.1) is 6.54 Å². The van der Waals surface area contributed by atoms with Gasteiger partial charge in [-0.15, -0.1) is 13.2 Å². The molecule has 2 rings (SSSR count). The van der Waals surface area contributed by atoms with Crippen LogP contribution in [0.1, 0.15) is 12.5 Å². The molecule has 1 unspecified atom stereocenters. The molecule has 6 nitrogen and oxygen atoms in total. The Morgan fingerprint density at radius 2 is 1.96 bits per heavy atom. The standard InChI is InChI=1S/C18H28F3N5O/c1-4-22-17(24-12-15-13-25(2)9-10-26(15)3)23-11-14-7-5-6-8-16(14)27-18(19,20)21/h5-8,15H,4,9-13H2,1-3H3,(H2,22,23,24). The lowest BCUT2D eigenvalue weighted by Crippen LogP contribution is -2.55. The van der Waals surface area contributed by atoms with E-state index in [0.717, 1.165) is 19.6 Å². The van der Waals surface area contributed by atoms with Crippen LogP contribution in [-0.4, -0.2) is 75.0 Å². The number of aliphatic imine (C=N–C) groups is 1. The number of hydrogen-bond donors (Lipinski definition) is 2. The van der Waals surface area contributed by atoms with Crippen molar-refractivity contribution >= 4 is 5.96 Å². The molecule has 0 aromatic heterocycles. The van der Waals surface area contributed by atoms with Gasteiger partial charge in [-0.3, -0.25) is 4.90 Å². The Hall–Kier alpha value is -2.00. The van der Waals surface area contributed by atoms with Crippen LogP contribution in [0, 0.1) is 0 Å². The van der Waals surface area contributed by atoms with E-state index < -0.39 is 6.36 Å². The molecule has 0 amide bonds. The number of ether oxygens (including phenoxy) is 1. The number of benzene rings is 1. The van der Waals surface area contributed by atoms with E-state index in [1.807, 2.05) is 6.92 Å². The van der Waals surface area contributed by atoms with Crippen LogP contribution < -0.4 is 15.4 Å². The number of guanidine groups is 1. The molecule has 0 aliphatic carbocycles. The number of alkyl halides is 3. The highest BCUT2D eigenvalue weighted by Crippen LogP contribution is 2.26.